The van der Waals surface area contributed by atoms with Crippen LogP contribution in [0, 0.1) is 0 Å². The minimum absolute atomic E-state index is 0.191. The number of carbonyl (C=O) groups is 1. The zero-order chi connectivity index (χ0) is 23.2. The van der Waals surface area contributed by atoms with Crippen molar-refractivity contribution in [2.75, 3.05) is 57.8 Å². The summed E-state index contributed by atoms with van der Waals surface area (Å²) < 4.78 is 5.47. The van der Waals surface area contributed by atoms with Crippen molar-refractivity contribution in [1.29, 1.82) is 0 Å². The first-order chi connectivity index (χ1) is 16.8. The number of H-pyrrole nitrogens is 1. The lowest BCUT2D eigenvalue weighted by Crippen LogP contribution is -2.43. The molecular formula is C27H37N5O2. The van der Waals surface area contributed by atoms with Gasteiger partial charge in [0.15, 0.2) is 5.82 Å². The molecule has 1 amide bonds. The smallest absolute Gasteiger partial charge is 0.291 e. The number of hydrogen-bond donors (Lipinski definition) is 2. The van der Waals surface area contributed by atoms with Crippen molar-refractivity contribution in [1.82, 2.24) is 19.8 Å². The molecule has 0 atom stereocenters. The number of aromatic amines is 1. The molecule has 2 N–H and O–H groups in total. The van der Waals surface area contributed by atoms with E-state index < -0.39 is 0 Å². The number of rotatable bonds is 7. The van der Waals surface area contributed by atoms with Crippen molar-refractivity contribution in [3.05, 3.63) is 53.6 Å². The van der Waals surface area contributed by atoms with Crippen LogP contribution in [-0.2, 0) is 4.74 Å². The number of likely N-dealkylation sites (tertiary alicyclic amines) is 1. The molecule has 2 aliphatic heterocycles. The minimum atomic E-state index is -0.191. The van der Waals surface area contributed by atoms with Crippen molar-refractivity contribution in [3.63, 3.8) is 0 Å². The number of aromatic nitrogens is 2. The predicted molar refractivity (Wildman–Crippen MR) is 135 cm³/mol. The molecule has 0 bridgehead atoms. The summed E-state index contributed by atoms with van der Waals surface area (Å²) in [6.45, 7) is 8.50. The van der Waals surface area contributed by atoms with Gasteiger partial charge in [-0.15, -0.1) is 0 Å². The van der Waals surface area contributed by atoms with Crippen LogP contribution >= 0.6 is 0 Å². The van der Waals surface area contributed by atoms with Crippen molar-refractivity contribution in [2.45, 2.75) is 44.4 Å². The lowest BCUT2D eigenvalue weighted by Gasteiger charge is -2.35. The molecule has 0 saturated carbocycles. The van der Waals surface area contributed by atoms with Gasteiger partial charge in [0.2, 0.25) is 0 Å². The second-order valence-corrected chi connectivity index (χ2v) is 9.74. The highest BCUT2D eigenvalue weighted by atomic mass is 16.5. The molecule has 1 aromatic carbocycles. The molecule has 7 heteroatoms. The van der Waals surface area contributed by atoms with E-state index in [0.29, 0.717) is 11.7 Å². The van der Waals surface area contributed by atoms with Crippen LogP contribution in [0.2, 0.25) is 0 Å². The molecule has 2 saturated heterocycles. The summed E-state index contributed by atoms with van der Waals surface area (Å²) in [5.41, 5.74) is 4.85. The van der Waals surface area contributed by atoms with Gasteiger partial charge in [-0.3, -0.25) is 9.69 Å². The molecule has 2 fully saturated rings. The molecule has 5 rings (SSSR count). The van der Waals surface area contributed by atoms with Gasteiger partial charge >= 0.3 is 0 Å². The Bertz CT molecular complexity index is 973. The van der Waals surface area contributed by atoms with Crippen molar-refractivity contribution < 1.29 is 9.53 Å². The maximum Gasteiger partial charge on any atom is 0.291 e. The summed E-state index contributed by atoms with van der Waals surface area (Å²) >= 11 is 0. The Morgan fingerprint density at radius 3 is 2.59 bits per heavy atom. The molecule has 2 aromatic rings. The maximum atomic E-state index is 12.7. The third kappa shape index (κ3) is 5.77. The van der Waals surface area contributed by atoms with E-state index >= 15 is 0 Å². The maximum absolute atomic E-state index is 12.7. The number of hydrogen-bond acceptors (Lipinski definition) is 5. The Morgan fingerprint density at radius 2 is 1.88 bits per heavy atom. The summed E-state index contributed by atoms with van der Waals surface area (Å²) in [5, 5.41) is 3.10. The van der Waals surface area contributed by atoms with Crippen LogP contribution in [-0.4, -0.2) is 78.2 Å². The number of allylic oxidation sites excluding steroid dienone is 2. The topological polar surface area (TPSA) is 73.5 Å². The minimum Gasteiger partial charge on any atom is -0.379 e. The molecule has 0 spiro atoms. The monoisotopic (exact) mass is 463 g/mol. The van der Waals surface area contributed by atoms with Gasteiger partial charge in [-0.1, -0.05) is 12.1 Å². The zero-order valence-electron chi connectivity index (χ0n) is 20.1. The van der Waals surface area contributed by atoms with E-state index in [4.69, 9.17) is 4.74 Å². The van der Waals surface area contributed by atoms with E-state index in [-0.39, 0.29) is 5.91 Å². The SMILES string of the molecule is O=C(Nc1ccc(C2CCN(CCN3CCOCC3)CC2)cc1C1=CCCCC1)c1ncc[nH]1. The van der Waals surface area contributed by atoms with E-state index in [1.165, 1.54) is 42.4 Å². The van der Waals surface area contributed by atoms with Crippen LogP contribution < -0.4 is 5.32 Å². The van der Waals surface area contributed by atoms with E-state index in [1.807, 2.05) is 0 Å². The number of nitrogens with zero attached hydrogens (tertiary/aromatic N) is 3. The Hall–Kier alpha value is -2.48. The normalized spacial score (nSPS) is 20.8. The third-order valence-electron chi connectivity index (χ3n) is 7.54. The van der Waals surface area contributed by atoms with E-state index in [1.54, 1.807) is 12.4 Å². The van der Waals surface area contributed by atoms with Crippen LogP contribution in [0.4, 0.5) is 5.69 Å². The summed E-state index contributed by atoms with van der Waals surface area (Å²) in [7, 11) is 0. The van der Waals surface area contributed by atoms with Gasteiger partial charge in [-0.2, -0.15) is 0 Å². The first-order valence-corrected chi connectivity index (χ1v) is 12.9. The third-order valence-corrected chi connectivity index (χ3v) is 7.54. The lowest BCUT2D eigenvalue weighted by molar-refractivity contribution is 0.0321. The quantitative estimate of drug-likeness (QED) is 0.646. The molecule has 0 unspecified atom stereocenters. The summed E-state index contributed by atoms with van der Waals surface area (Å²) in [5.74, 6) is 0.735. The summed E-state index contributed by atoms with van der Waals surface area (Å²) in [4.78, 5) is 24.8. The van der Waals surface area contributed by atoms with Crippen LogP contribution in [0.3, 0.4) is 0 Å². The van der Waals surface area contributed by atoms with Gasteiger partial charge in [-0.25, -0.2) is 4.98 Å². The van der Waals surface area contributed by atoms with E-state index in [0.717, 1.165) is 71.0 Å². The second kappa shape index (κ2) is 11.3. The Kier molecular flexibility index (Phi) is 7.73. The first-order valence-electron chi connectivity index (χ1n) is 12.9. The molecule has 1 aromatic heterocycles. The van der Waals surface area contributed by atoms with Crippen LogP contribution in [0.5, 0.6) is 0 Å². The van der Waals surface area contributed by atoms with E-state index in [2.05, 4.69) is 49.4 Å². The highest BCUT2D eigenvalue weighted by Crippen LogP contribution is 2.36. The zero-order valence-corrected chi connectivity index (χ0v) is 20.1. The van der Waals surface area contributed by atoms with Gasteiger partial charge in [0.25, 0.3) is 5.91 Å². The predicted octanol–water partition coefficient (Wildman–Crippen LogP) is 4.13. The number of benzene rings is 1. The number of ether oxygens (including phenoxy) is 1. The average molecular weight is 464 g/mol. The average Bonchev–Trinajstić information content (AvgIpc) is 3.45. The van der Waals surface area contributed by atoms with Crippen molar-refractivity contribution in [3.8, 4) is 0 Å². The number of piperidine rings is 1. The Balaban J connectivity index is 1.25. The first kappa shape index (κ1) is 23.3. The fourth-order valence-corrected chi connectivity index (χ4v) is 5.44. The molecule has 34 heavy (non-hydrogen) atoms. The molecule has 7 nitrogen and oxygen atoms in total. The van der Waals surface area contributed by atoms with Crippen LogP contribution in [0.15, 0.2) is 36.7 Å². The molecule has 1 aliphatic carbocycles. The summed E-state index contributed by atoms with van der Waals surface area (Å²) in [6.07, 6.45) is 12.7. The van der Waals surface area contributed by atoms with Crippen molar-refractivity contribution in [2.24, 2.45) is 0 Å². The molecule has 182 valence electrons. The Labute approximate surface area is 202 Å². The second-order valence-electron chi connectivity index (χ2n) is 9.74. The molecule has 0 radical (unpaired) electrons. The largest absolute Gasteiger partial charge is 0.379 e. The number of imidazole rings is 1. The van der Waals surface area contributed by atoms with E-state index in [9.17, 15) is 4.79 Å². The summed E-state index contributed by atoms with van der Waals surface area (Å²) in [6, 6.07) is 6.67. The fourth-order valence-electron chi connectivity index (χ4n) is 5.44. The highest BCUT2D eigenvalue weighted by molar-refractivity contribution is 6.03. The van der Waals surface area contributed by atoms with Gasteiger partial charge in [0.1, 0.15) is 0 Å². The lowest BCUT2D eigenvalue weighted by atomic mass is 9.85. The van der Waals surface area contributed by atoms with Crippen LogP contribution in [0.1, 0.15) is 66.2 Å². The number of morpholine rings is 1. The molecule has 3 heterocycles. The van der Waals surface area contributed by atoms with Gasteiger partial charge < -0.3 is 19.9 Å². The van der Waals surface area contributed by atoms with Gasteiger partial charge in [0.05, 0.1) is 13.2 Å². The molecule has 3 aliphatic rings. The van der Waals surface area contributed by atoms with Crippen molar-refractivity contribution >= 4 is 17.2 Å². The Morgan fingerprint density at radius 1 is 1.09 bits per heavy atom. The number of carbonyl (C=O) groups excluding carboxylic acids is 1. The van der Waals surface area contributed by atoms with Gasteiger partial charge in [0, 0.05) is 49.8 Å². The number of amides is 1. The van der Waals surface area contributed by atoms with Crippen LogP contribution in [0.25, 0.3) is 5.57 Å². The highest BCUT2D eigenvalue weighted by Gasteiger charge is 2.23. The number of nitrogens with one attached hydrogen (secondary N) is 2. The number of anilines is 1. The molecular weight excluding hydrogens is 426 g/mol. The standard InChI is InChI=1S/C27H37N5O2/c33-27(26-28-10-11-29-26)30-25-7-6-23(20-24(25)22-4-2-1-3-5-22)21-8-12-31(13-9-21)14-15-32-16-18-34-19-17-32/h4,6-7,10-11,20-21H,1-3,5,8-9,12-19H2,(H,28,29)(H,30,33). The van der Waals surface area contributed by atoms with Gasteiger partial charge in [-0.05, 0) is 80.8 Å². The fraction of sp³-hybridized carbons (Fsp3) is 0.556.